The van der Waals surface area contributed by atoms with Gasteiger partial charge < -0.3 is 4.74 Å². The summed E-state index contributed by atoms with van der Waals surface area (Å²) in [6.45, 7) is 4.03. The highest BCUT2D eigenvalue weighted by Crippen LogP contribution is 2.20. The SMILES string of the molecule is C=C(CCC(F)C(=O)OCc1ccc2ccccc2c1)c1ccccc1. The molecule has 1 unspecified atom stereocenters. The van der Waals surface area contributed by atoms with Gasteiger partial charge >= 0.3 is 5.97 Å². The van der Waals surface area contributed by atoms with Gasteiger partial charge in [-0.3, -0.25) is 0 Å². The van der Waals surface area contributed by atoms with E-state index in [2.05, 4.69) is 6.58 Å². The maximum atomic E-state index is 14.1. The zero-order chi connectivity index (χ0) is 18.4. The quantitative estimate of drug-likeness (QED) is 0.511. The van der Waals surface area contributed by atoms with Crippen molar-refractivity contribution in [1.82, 2.24) is 0 Å². The molecule has 2 nitrogen and oxygen atoms in total. The smallest absolute Gasteiger partial charge is 0.341 e. The van der Waals surface area contributed by atoms with Crippen LogP contribution in [-0.2, 0) is 16.1 Å². The van der Waals surface area contributed by atoms with Crippen LogP contribution in [0.15, 0.2) is 79.4 Å². The third-order valence-electron chi connectivity index (χ3n) is 4.33. The van der Waals surface area contributed by atoms with Crippen LogP contribution in [0.25, 0.3) is 16.3 Å². The Kier molecular flexibility index (Phi) is 5.80. The highest BCUT2D eigenvalue weighted by atomic mass is 19.1. The summed E-state index contributed by atoms with van der Waals surface area (Å²) in [4.78, 5) is 11.9. The van der Waals surface area contributed by atoms with E-state index in [4.69, 9.17) is 4.74 Å². The number of benzene rings is 3. The molecule has 0 aliphatic carbocycles. The van der Waals surface area contributed by atoms with E-state index in [1.54, 1.807) is 0 Å². The summed E-state index contributed by atoms with van der Waals surface area (Å²) < 4.78 is 19.2. The van der Waals surface area contributed by atoms with E-state index in [-0.39, 0.29) is 13.0 Å². The first-order valence-corrected chi connectivity index (χ1v) is 8.65. The summed E-state index contributed by atoms with van der Waals surface area (Å²) in [5.41, 5.74) is 2.62. The summed E-state index contributed by atoms with van der Waals surface area (Å²) in [7, 11) is 0. The Bertz CT molecular complexity index is 902. The average Bonchev–Trinajstić information content (AvgIpc) is 2.70. The van der Waals surface area contributed by atoms with Gasteiger partial charge in [0.2, 0.25) is 0 Å². The minimum atomic E-state index is -1.64. The van der Waals surface area contributed by atoms with Gasteiger partial charge in [-0.25, -0.2) is 9.18 Å². The van der Waals surface area contributed by atoms with Crippen LogP contribution < -0.4 is 0 Å². The topological polar surface area (TPSA) is 26.3 Å². The molecule has 26 heavy (non-hydrogen) atoms. The predicted molar refractivity (Wildman–Crippen MR) is 103 cm³/mol. The molecule has 0 saturated carbocycles. The molecule has 0 aliphatic rings. The summed E-state index contributed by atoms with van der Waals surface area (Å²) in [6, 6.07) is 23.3. The summed E-state index contributed by atoms with van der Waals surface area (Å²) in [5, 5.41) is 2.18. The maximum Gasteiger partial charge on any atom is 0.341 e. The Labute approximate surface area is 152 Å². The lowest BCUT2D eigenvalue weighted by Gasteiger charge is -2.11. The molecule has 0 fully saturated rings. The fourth-order valence-corrected chi connectivity index (χ4v) is 2.81. The van der Waals surface area contributed by atoms with Gasteiger partial charge in [-0.15, -0.1) is 0 Å². The van der Waals surface area contributed by atoms with Gasteiger partial charge in [0.1, 0.15) is 6.61 Å². The van der Waals surface area contributed by atoms with E-state index in [1.807, 2.05) is 72.8 Å². The maximum absolute atomic E-state index is 14.1. The van der Waals surface area contributed by atoms with E-state index in [0.29, 0.717) is 6.42 Å². The molecule has 0 N–H and O–H groups in total. The molecule has 132 valence electrons. The number of rotatable bonds is 7. The zero-order valence-electron chi connectivity index (χ0n) is 14.5. The number of allylic oxidation sites excluding steroid dienone is 1. The molecule has 3 aromatic carbocycles. The van der Waals surface area contributed by atoms with Gasteiger partial charge in [0, 0.05) is 0 Å². The minimum absolute atomic E-state index is 0.0731. The molecule has 0 radical (unpaired) electrons. The summed E-state index contributed by atoms with van der Waals surface area (Å²) in [6.07, 6.45) is -1.16. The molecule has 0 saturated heterocycles. The van der Waals surface area contributed by atoms with Crippen LogP contribution in [-0.4, -0.2) is 12.1 Å². The standard InChI is InChI=1S/C23H21FO2/c1-17(19-7-3-2-4-8-19)11-14-22(24)23(25)26-16-18-12-13-20-9-5-6-10-21(20)15-18/h2-10,12-13,15,22H,1,11,14,16H2. The fourth-order valence-electron chi connectivity index (χ4n) is 2.81. The molecular formula is C23H21FO2. The van der Waals surface area contributed by atoms with Crippen LogP contribution in [0.1, 0.15) is 24.0 Å². The van der Waals surface area contributed by atoms with Crippen molar-refractivity contribution in [3.63, 3.8) is 0 Å². The van der Waals surface area contributed by atoms with Gasteiger partial charge in [-0.05, 0) is 46.4 Å². The fraction of sp³-hybridized carbons (Fsp3) is 0.174. The van der Waals surface area contributed by atoms with Gasteiger partial charge in [0.25, 0.3) is 0 Å². The first-order chi connectivity index (χ1) is 12.6. The third kappa shape index (κ3) is 4.57. The lowest BCUT2D eigenvalue weighted by atomic mass is 10.0. The number of carbonyl (C=O) groups excluding carboxylic acids is 1. The van der Waals surface area contributed by atoms with Crippen molar-refractivity contribution in [1.29, 1.82) is 0 Å². The van der Waals surface area contributed by atoms with E-state index < -0.39 is 12.1 Å². The number of hydrogen-bond donors (Lipinski definition) is 0. The zero-order valence-corrected chi connectivity index (χ0v) is 14.5. The van der Waals surface area contributed by atoms with E-state index in [9.17, 15) is 9.18 Å². The Morgan fingerprint density at radius 2 is 1.65 bits per heavy atom. The van der Waals surface area contributed by atoms with Crippen LogP contribution in [0.5, 0.6) is 0 Å². The molecule has 0 aliphatic heterocycles. The Morgan fingerprint density at radius 3 is 2.42 bits per heavy atom. The largest absolute Gasteiger partial charge is 0.459 e. The van der Waals surface area contributed by atoms with Gasteiger partial charge in [0.15, 0.2) is 6.17 Å². The van der Waals surface area contributed by atoms with Crippen LogP contribution in [0.3, 0.4) is 0 Å². The molecule has 3 rings (SSSR count). The van der Waals surface area contributed by atoms with Crippen LogP contribution in [0, 0.1) is 0 Å². The van der Waals surface area contributed by atoms with Crippen molar-refractivity contribution in [2.24, 2.45) is 0 Å². The number of fused-ring (bicyclic) bond motifs is 1. The molecular weight excluding hydrogens is 327 g/mol. The first-order valence-electron chi connectivity index (χ1n) is 8.65. The van der Waals surface area contributed by atoms with Gasteiger partial charge in [0.05, 0.1) is 0 Å². The monoisotopic (exact) mass is 348 g/mol. The van der Waals surface area contributed by atoms with E-state index in [1.165, 1.54) is 0 Å². The second-order valence-electron chi connectivity index (χ2n) is 6.27. The second-order valence-corrected chi connectivity index (χ2v) is 6.27. The van der Waals surface area contributed by atoms with Crippen molar-refractivity contribution >= 4 is 22.3 Å². The molecule has 0 spiro atoms. The van der Waals surface area contributed by atoms with Crippen molar-refractivity contribution in [3.8, 4) is 0 Å². The van der Waals surface area contributed by atoms with E-state index in [0.717, 1.165) is 27.5 Å². The summed E-state index contributed by atoms with van der Waals surface area (Å²) >= 11 is 0. The van der Waals surface area contributed by atoms with Crippen molar-refractivity contribution < 1.29 is 13.9 Å². The highest BCUT2D eigenvalue weighted by Gasteiger charge is 2.19. The number of ether oxygens (including phenoxy) is 1. The molecule has 3 aromatic rings. The number of halogens is 1. The predicted octanol–water partition coefficient (Wildman–Crippen LogP) is 5.71. The van der Waals surface area contributed by atoms with Crippen LogP contribution in [0.2, 0.25) is 0 Å². The minimum Gasteiger partial charge on any atom is -0.459 e. The number of hydrogen-bond acceptors (Lipinski definition) is 2. The van der Waals surface area contributed by atoms with Crippen molar-refractivity contribution in [2.45, 2.75) is 25.6 Å². The lowest BCUT2D eigenvalue weighted by Crippen LogP contribution is -2.18. The highest BCUT2D eigenvalue weighted by molar-refractivity contribution is 5.83. The first kappa shape index (κ1) is 17.9. The van der Waals surface area contributed by atoms with Crippen LogP contribution in [0.4, 0.5) is 4.39 Å². The Hall–Kier alpha value is -2.94. The van der Waals surface area contributed by atoms with Gasteiger partial charge in [-0.1, -0.05) is 73.3 Å². The molecule has 0 heterocycles. The number of carbonyl (C=O) groups is 1. The number of esters is 1. The second kappa shape index (κ2) is 8.43. The molecule has 1 atom stereocenters. The molecule has 0 amide bonds. The van der Waals surface area contributed by atoms with Crippen molar-refractivity contribution in [2.75, 3.05) is 0 Å². The van der Waals surface area contributed by atoms with Crippen LogP contribution >= 0.6 is 0 Å². The van der Waals surface area contributed by atoms with E-state index >= 15 is 0 Å². The average molecular weight is 348 g/mol. The lowest BCUT2D eigenvalue weighted by molar-refractivity contribution is -0.151. The normalized spacial score (nSPS) is 11.9. The summed E-state index contributed by atoms with van der Waals surface area (Å²) in [5.74, 6) is -0.820. The molecule has 0 bridgehead atoms. The number of alkyl halides is 1. The van der Waals surface area contributed by atoms with Crippen molar-refractivity contribution in [3.05, 3.63) is 90.5 Å². The third-order valence-corrected chi connectivity index (χ3v) is 4.33. The molecule has 0 aromatic heterocycles. The molecule has 3 heteroatoms. The van der Waals surface area contributed by atoms with Gasteiger partial charge in [-0.2, -0.15) is 0 Å². The Balaban J connectivity index is 1.50. The Morgan fingerprint density at radius 1 is 0.962 bits per heavy atom.